The van der Waals surface area contributed by atoms with Crippen LogP contribution >= 0.6 is 0 Å². The van der Waals surface area contributed by atoms with E-state index in [1.165, 1.54) is 36.9 Å². The average molecular weight is 189 g/mol. The first-order chi connectivity index (χ1) is 6.85. The van der Waals surface area contributed by atoms with Crippen LogP contribution in [0.5, 0.6) is 0 Å². The first kappa shape index (κ1) is 9.70. The third kappa shape index (κ3) is 1.97. The van der Waals surface area contributed by atoms with Gasteiger partial charge in [0.2, 0.25) is 0 Å². The van der Waals surface area contributed by atoms with Crippen molar-refractivity contribution in [2.45, 2.75) is 51.4 Å². The highest BCUT2D eigenvalue weighted by molar-refractivity contribution is 5.22. The van der Waals surface area contributed by atoms with Crippen molar-refractivity contribution in [3.05, 3.63) is 29.6 Å². The average Bonchev–Trinajstić information content (AvgIpc) is 3.04. The summed E-state index contributed by atoms with van der Waals surface area (Å²) in [6, 6.07) is 4.50. The zero-order valence-electron chi connectivity index (χ0n) is 9.16. The van der Waals surface area contributed by atoms with Crippen LogP contribution in [0.1, 0.15) is 62.6 Å². The van der Waals surface area contributed by atoms with Crippen molar-refractivity contribution in [1.29, 1.82) is 0 Å². The summed E-state index contributed by atoms with van der Waals surface area (Å²) in [5.74, 6) is 1.49. The van der Waals surface area contributed by atoms with Crippen molar-refractivity contribution < 1.29 is 0 Å². The molecule has 14 heavy (non-hydrogen) atoms. The van der Waals surface area contributed by atoms with E-state index < -0.39 is 0 Å². The summed E-state index contributed by atoms with van der Waals surface area (Å²) in [5, 5.41) is 0. The fourth-order valence-corrected chi connectivity index (χ4v) is 2.04. The standard InChI is InChI=1S/C13H19N/c1-3-10(4-2)12-7-8-13(14-9-12)11-5-6-11/h7-11H,3-6H2,1-2H3. The van der Waals surface area contributed by atoms with Crippen LogP contribution in [-0.2, 0) is 0 Å². The second-order valence-corrected chi connectivity index (χ2v) is 4.30. The van der Waals surface area contributed by atoms with Gasteiger partial charge in [-0.2, -0.15) is 0 Å². The van der Waals surface area contributed by atoms with Crippen LogP contribution < -0.4 is 0 Å². The molecule has 1 saturated carbocycles. The minimum Gasteiger partial charge on any atom is -0.261 e. The fraction of sp³-hybridized carbons (Fsp3) is 0.615. The van der Waals surface area contributed by atoms with E-state index in [-0.39, 0.29) is 0 Å². The Bertz CT molecular complexity index is 281. The first-order valence-electron chi connectivity index (χ1n) is 5.81. The topological polar surface area (TPSA) is 12.9 Å². The Hall–Kier alpha value is -0.850. The minimum absolute atomic E-state index is 0.704. The van der Waals surface area contributed by atoms with E-state index in [9.17, 15) is 0 Å². The van der Waals surface area contributed by atoms with E-state index in [1.54, 1.807) is 0 Å². The molecule has 0 spiro atoms. The molecule has 1 aliphatic rings. The maximum Gasteiger partial charge on any atom is 0.0434 e. The smallest absolute Gasteiger partial charge is 0.0434 e. The summed E-state index contributed by atoms with van der Waals surface area (Å²) in [7, 11) is 0. The molecule has 0 atom stereocenters. The van der Waals surface area contributed by atoms with Crippen LogP contribution in [-0.4, -0.2) is 4.98 Å². The Morgan fingerprint density at radius 3 is 2.43 bits per heavy atom. The van der Waals surface area contributed by atoms with Gasteiger partial charge in [0.1, 0.15) is 0 Å². The van der Waals surface area contributed by atoms with Crippen molar-refractivity contribution >= 4 is 0 Å². The molecule has 1 fully saturated rings. The lowest BCUT2D eigenvalue weighted by atomic mass is 9.95. The summed E-state index contributed by atoms with van der Waals surface area (Å²) in [5.41, 5.74) is 2.72. The van der Waals surface area contributed by atoms with Crippen molar-refractivity contribution in [2.24, 2.45) is 0 Å². The number of nitrogens with zero attached hydrogens (tertiary/aromatic N) is 1. The number of hydrogen-bond donors (Lipinski definition) is 0. The molecular weight excluding hydrogens is 170 g/mol. The molecule has 0 aliphatic heterocycles. The number of aromatic nitrogens is 1. The van der Waals surface area contributed by atoms with Gasteiger partial charge in [0, 0.05) is 17.8 Å². The molecule has 76 valence electrons. The van der Waals surface area contributed by atoms with Crippen molar-refractivity contribution in [3.63, 3.8) is 0 Å². The molecule has 1 aromatic heterocycles. The quantitative estimate of drug-likeness (QED) is 0.700. The molecule has 0 unspecified atom stereocenters. The molecule has 0 radical (unpaired) electrons. The van der Waals surface area contributed by atoms with Gasteiger partial charge in [-0.1, -0.05) is 19.9 Å². The van der Waals surface area contributed by atoms with Gasteiger partial charge in [0.15, 0.2) is 0 Å². The van der Waals surface area contributed by atoms with Crippen molar-refractivity contribution in [2.75, 3.05) is 0 Å². The molecule has 1 nitrogen and oxygen atoms in total. The van der Waals surface area contributed by atoms with Gasteiger partial charge >= 0.3 is 0 Å². The molecular formula is C13H19N. The monoisotopic (exact) mass is 189 g/mol. The number of rotatable bonds is 4. The SMILES string of the molecule is CCC(CC)c1ccc(C2CC2)nc1. The van der Waals surface area contributed by atoms with E-state index in [1.807, 2.05) is 0 Å². The van der Waals surface area contributed by atoms with Gasteiger partial charge < -0.3 is 0 Å². The Balaban J connectivity index is 2.11. The van der Waals surface area contributed by atoms with E-state index >= 15 is 0 Å². The van der Waals surface area contributed by atoms with Crippen LogP contribution in [0, 0.1) is 0 Å². The second kappa shape index (κ2) is 4.12. The summed E-state index contributed by atoms with van der Waals surface area (Å²) in [6.07, 6.45) is 7.22. The molecule has 0 N–H and O–H groups in total. The highest BCUT2D eigenvalue weighted by Crippen LogP contribution is 2.39. The molecule has 0 aromatic carbocycles. The molecule has 1 heterocycles. The van der Waals surface area contributed by atoms with Gasteiger partial charge in [-0.05, 0) is 43.2 Å². The third-order valence-corrected chi connectivity index (χ3v) is 3.26. The van der Waals surface area contributed by atoms with Crippen LogP contribution in [0.3, 0.4) is 0 Å². The molecule has 1 heteroatoms. The lowest BCUT2D eigenvalue weighted by molar-refractivity contribution is 0.638. The maximum absolute atomic E-state index is 4.56. The summed E-state index contributed by atoms with van der Waals surface area (Å²) in [6.45, 7) is 4.51. The van der Waals surface area contributed by atoms with Gasteiger partial charge in [-0.25, -0.2) is 0 Å². The Labute approximate surface area is 86.6 Å². The largest absolute Gasteiger partial charge is 0.261 e. The number of hydrogen-bond acceptors (Lipinski definition) is 1. The van der Waals surface area contributed by atoms with Crippen molar-refractivity contribution in [3.8, 4) is 0 Å². The van der Waals surface area contributed by atoms with E-state index in [0.717, 1.165) is 5.92 Å². The predicted molar refractivity (Wildman–Crippen MR) is 59.5 cm³/mol. The lowest BCUT2D eigenvalue weighted by Gasteiger charge is -2.12. The molecule has 1 aromatic rings. The van der Waals surface area contributed by atoms with Crippen LogP contribution in [0.4, 0.5) is 0 Å². The highest BCUT2D eigenvalue weighted by Gasteiger charge is 2.24. The van der Waals surface area contributed by atoms with E-state index in [4.69, 9.17) is 0 Å². The van der Waals surface area contributed by atoms with Crippen molar-refractivity contribution in [1.82, 2.24) is 4.98 Å². The Morgan fingerprint density at radius 2 is 2.00 bits per heavy atom. The Kier molecular flexibility index (Phi) is 2.85. The minimum atomic E-state index is 0.704. The fourth-order valence-electron chi connectivity index (χ4n) is 2.04. The van der Waals surface area contributed by atoms with Gasteiger partial charge in [-0.15, -0.1) is 0 Å². The molecule has 1 aliphatic carbocycles. The summed E-state index contributed by atoms with van der Waals surface area (Å²) >= 11 is 0. The van der Waals surface area contributed by atoms with Crippen LogP contribution in [0.15, 0.2) is 18.3 Å². The van der Waals surface area contributed by atoms with E-state index in [2.05, 4.69) is 37.2 Å². The Morgan fingerprint density at radius 1 is 1.29 bits per heavy atom. The summed E-state index contributed by atoms with van der Waals surface area (Å²) < 4.78 is 0. The zero-order chi connectivity index (χ0) is 9.97. The molecule has 0 bridgehead atoms. The first-order valence-corrected chi connectivity index (χ1v) is 5.81. The van der Waals surface area contributed by atoms with Gasteiger partial charge in [-0.3, -0.25) is 4.98 Å². The van der Waals surface area contributed by atoms with Gasteiger partial charge in [0.25, 0.3) is 0 Å². The van der Waals surface area contributed by atoms with Gasteiger partial charge in [0.05, 0.1) is 0 Å². The van der Waals surface area contributed by atoms with E-state index in [0.29, 0.717) is 5.92 Å². The third-order valence-electron chi connectivity index (χ3n) is 3.26. The second-order valence-electron chi connectivity index (χ2n) is 4.30. The molecule has 2 rings (SSSR count). The van der Waals surface area contributed by atoms with Crippen LogP contribution in [0.2, 0.25) is 0 Å². The highest BCUT2D eigenvalue weighted by atomic mass is 14.7. The molecule has 0 saturated heterocycles. The van der Waals surface area contributed by atoms with Crippen LogP contribution in [0.25, 0.3) is 0 Å². The number of pyridine rings is 1. The maximum atomic E-state index is 4.56. The predicted octanol–water partition coefficient (Wildman–Crippen LogP) is 3.86. The summed E-state index contributed by atoms with van der Waals surface area (Å²) in [4.78, 5) is 4.56. The normalized spacial score (nSPS) is 16.2. The molecule has 0 amide bonds. The zero-order valence-corrected chi connectivity index (χ0v) is 9.16. The lowest BCUT2D eigenvalue weighted by Crippen LogP contribution is -1.97.